The minimum Gasteiger partial charge on any atom is -0.478 e. The molecule has 5 nitrogen and oxygen atoms in total. The summed E-state index contributed by atoms with van der Waals surface area (Å²) in [4.78, 5) is 36.6. The van der Waals surface area contributed by atoms with E-state index in [9.17, 15) is 18.8 Å². The van der Waals surface area contributed by atoms with Gasteiger partial charge in [-0.2, -0.15) is 0 Å². The van der Waals surface area contributed by atoms with Crippen LogP contribution in [0.4, 0.5) is 10.1 Å². The number of ketones is 1. The van der Waals surface area contributed by atoms with E-state index in [0.717, 1.165) is 0 Å². The van der Waals surface area contributed by atoms with Crippen molar-refractivity contribution in [2.45, 2.75) is 13.0 Å². The number of anilines is 1. The molecule has 0 aliphatic carbocycles. The Morgan fingerprint density at radius 1 is 1.17 bits per heavy atom. The molecule has 2 aromatic carbocycles. The van der Waals surface area contributed by atoms with Crippen molar-refractivity contribution >= 4 is 23.3 Å². The molecule has 1 aliphatic rings. The van der Waals surface area contributed by atoms with Gasteiger partial charge in [0.2, 0.25) is 5.91 Å². The van der Waals surface area contributed by atoms with E-state index in [1.807, 2.05) is 0 Å². The van der Waals surface area contributed by atoms with E-state index >= 15 is 0 Å². The first-order valence-corrected chi connectivity index (χ1v) is 6.91. The summed E-state index contributed by atoms with van der Waals surface area (Å²) in [6, 6.07) is 9.88. The molecule has 3 rings (SSSR count). The van der Waals surface area contributed by atoms with Crippen LogP contribution < -0.4 is 4.90 Å². The fraction of sp³-hybridized carbons (Fsp3) is 0.118. The molecule has 0 saturated carbocycles. The van der Waals surface area contributed by atoms with E-state index in [1.54, 1.807) is 12.1 Å². The lowest BCUT2D eigenvalue weighted by atomic mass is 9.97. The zero-order valence-electron chi connectivity index (χ0n) is 12.0. The Kier molecular flexibility index (Phi) is 3.65. The second kappa shape index (κ2) is 5.64. The number of rotatable bonds is 3. The predicted molar refractivity (Wildman–Crippen MR) is 79.9 cm³/mol. The average molecular weight is 313 g/mol. The molecule has 0 aromatic heterocycles. The molecule has 1 heterocycles. The Balaban J connectivity index is 2.02. The summed E-state index contributed by atoms with van der Waals surface area (Å²) in [5, 5.41) is 9.02. The third kappa shape index (κ3) is 2.83. The van der Waals surface area contributed by atoms with Gasteiger partial charge in [0, 0.05) is 5.56 Å². The second-order valence-corrected chi connectivity index (χ2v) is 5.25. The number of carboxylic acid groups (broad SMARTS) is 1. The summed E-state index contributed by atoms with van der Waals surface area (Å²) in [7, 11) is 0. The lowest BCUT2D eigenvalue weighted by Gasteiger charge is -2.29. The second-order valence-electron chi connectivity index (χ2n) is 5.25. The molecule has 0 spiro atoms. The van der Waals surface area contributed by atoms with Crippen molar-refractivity contribution in [2.24, 2.45) is 0 Å². The van der Waals surface area contributed by atoms with Crippen LogP contribution in [-0.2, 0) is 11.3 Å². The molecule has 1 aliphatic heterocycles. The normalized spacial score (nSPS) is 13.9. The first-order chi connectivity index (χ1) is 11.0. The van der Waals surface area contributed by atoms with Gasteiger partial charge < -0.3 is 10.0 Å². The van der Waals surface area contributed by atoms with Crippen LogP contribution in [0.15, 0.2) is 42.5 Å². The molecular weight excluding hydrogens is 301 g/mol. The number of carbonyl (C=O) groups excluding carboxylic acids is 2. The van der Waals surface area contributed by atoms with Crippen molar-refractivity contribution < 1.29 is 23.9 Å². The first kappa shape index (κ1) is 14.9. The molecule has 0 fully saturated rings. The third-order valence-electron chi connectivity index (χ3n) is 3.68. The highest BCUT2D eigenvalue weighted by atomic mass is 19.1. The molecule has 1 amide bonds. The Morgan fingerprint density at radius 3 is 2.65 bits per heavy atom. The van der Waals surface area contributed by atoms with Gasteiger partial charge in [-0.05, 0) is 35.9 Å². The van der Waals surface area contributed by atoms with E-state index in [0.29, 0.717) is 11.3 Å². The summed E-state index contributed by atoms with van der Waals surface area (Å²) >= 11 is 0. The minimum atomic E-state index is -1.14. The minimum absolute atomic E-state index is 0.0165. The molecule has 0 radical (unpaired) electrons. The van der Waals surface area contributed by atoms with Crippen LogP contribution in [0.3, 0.4) is 0 Å². The van der Waals surface area contributed by atoms with Crippen molar-refractivity contribution in [3.8, 4) is 0 Å². The van der Waals surface area contributed by atoms with Crippen LogP contribution in [0.5, 0.6) is 0 Å². The molecule has 2 aromatic rings. The van der Waals surface area contributed by atoms with Crippen LogP contribution in [0.25, 0.3) is 0 Å². The van der Waals surface area contributed by atoms with Gasteiger partial charge in [-0.3, -0.25) is 9.59 Å². The number of amides is 1. The monoisotopic (exact) mass is 313 g/mol. The maximum Gasteiger partial charge on any atom is 0.335 e. The van der Waals surface area contributed by atoms with Gasteiger partial charge in [0.05, 0.1) is 24.2 Å². The third-order valence-corrected chi connectivity index (χ3v) is 3.68. The number of hydrogen-bond acceptors (Lipinski definition) is 3. The number of carboxylic acids is 1. The summed E-state index contributed by atoms with van der Waals surface area (Å²) in [6.45, 7) is 0.114. The van der Waals surface area contributed by atoms with Crippen LogP contribution in [0.2, 0.25) is 0 Å². The van der Waals surface area contributed by atoms with Gasteiger partial charge in [-0.1, -0.05) is 12.1 Å². The Labute approximate surface area is 131 Å². The van der Waals surface area contributed by atoms with E-state index in [1.165, 1.54) is 35.2 Å². The topological polar surface area (TPSA) is 74.7 Å². The summed E-state index contributed by atoms with van der Waals surface area (Å²) in [5.41, 5.74) is 1.11. The highest BCUT2D eigenvalue weighted by Crippen LogP contribution is 2.30. The van der Waals surface area contributed by atoms with Crippen molar-refractivity contribution in [3.05, 3.63) is 65.0 Å². The lowest BCUT2D eigenvalue weighted by Crippen LogP contribution is -2.37. The Bertz CT molecular complexity index is 831. The maximum atomic E-state index is 13.3. The number of benzene rings is 2. The standard InChI is InChI=1S/C17H12FNO4/c18-12-3-1-2-10(6-12)9-19-14-5-4-11(17(22)23)7-13(14)15(20)8-16(19)21/h1-7H,8-9H2,(H,22,23). The molecule has 0 saturated heterocycles. The molecular formula is C17H12FNO4. The van der Waals surface area contributed by atoms with E-state index in [-0.39, 0.29) is 24.1 Å². The van der Waals surface area contributed by atoms with E-state index < -0.39 is 23.5 Å². The molecule has 0 atom stereocenters. The van der Waals surface area contributed by atoms with E-state index in [4.69, 9.17) is 5.11 Å². The lowest BCUT2D eigenvalue weighted by molar-refractivity contribution is -0.118. The largest absolute Gasteiger partial charge is 0.478 e. The van der Waals surface area contributed by atoms with Crippen LogP contribution in [0.1, 0.15) is 32.7 Å². The molecule has 23 heavy (non-hydrogen) atoms. The summed E-state index contributed by atoms with van der Waals surface area (Å²) in [5.74, 6) is -2.36. The van der Waals surface area contributed by atoms with Gasteiger partial charge in [0.25, 0.3) is 0 Å². The van der Waals surface area contributed by atoms with Crippen molar-refractivity contribution in [1.29, 1.82) is 0 Å². The highest BCUT2D eigenvalue weighted by molar-refractivity contribution is 6.20. The molecule has 0 unspecified atom stereocenters. The van der Waals surface area contributed by atoms with Crippen LogP contribution in [-0.4, -0.2) is 22.8 Å². The Hall–Kier alpha value is -3.02. The van der Waals surface area contributed by atoms with Crippen molar-refractivity contribution in [3.63, 3.8) is 0 Å². The molecule has 116 valence electrons. The van der Waals surface area contributed by atoms with Gasteiger partial charge in [0.15, 0.2) is 5.78 Å². The molecule has 1 N–H and O–H groups in total. The number of nitrogens with zero attached hydrogens (tertiary/aromatic N) is 1. The van der Waals surface area contributed by atoms with E-state index in [2.05, 4.69) is 0 Å². The number of fused-ring (bicyclic) bond motifs is 1. The number of carbonyl (C=O) groups is 3. The van der Waals surface area contributed by atoms with Gasteiger partial charge in [-0.25, -0.2) is 9.18 Å². The maximum absolute atomic E-state index is 13.3. The Morgan fingerprint density at radius 2 is 1.96 bits per heavy atom. The number of Topliss-reactive ketones (excluding diaryl/α,β-unsaturated/α-hetero) is 1. The average Bonchev–Trinajstić information content (AvgIpc) is 2.51. The van der Waals surface area contributed by atoms with Crippen LogP contribution >= 0.6 is 0 Å². The summed E-state index contributed by atoms with van der Waals surface area (Å²) < 4.78 is 13.3. The first-order valence-electron chi connectivity index (χ1n) is 6.91. The van der Waals surface area contributed by atoms with Crippen LogP contribution in [0, 0.1) is 5.82 Å². The zero-order valence-corrected chi connectivity index (χ0v) is 12.0. The number of aromatic carboxylic acids is 1. The van der Waals surface area contributed by atoms with Gasteiger partial charge in [0.1, 0.15) is 5.82 Å². The van der Waals surface area contributed by atoms with Gasteiger partial charge >= 0.3 is 5.97 Å². The van der Waals surface area contributed by atoms with Crippen molar-refractivity contribution in [2.75, 3.05) is 4.90 Å². The van der Waals surface area contributed by atoms with Gasteiger partial charge in [-0.15, -0.1) is 0 Å². The van der Waals surface area contributed by atoms with Crippen molar-refractivity contribution in [1.82, 2.24) is 0 Å². The summed E-state index contributed by atoms with van der Waals surface area (Å²) in [6.07, 6.45) is -0.328. The molecule has 6 heteroatoms. The number of halogens is 1. The number of hydrogen-bond donors (Lipinski definition) is 1. The zero-order chi connectivity index (χ0) is 16.6. The quantitative estimate of drug-likeness (QED) is 0.884. The molecule has 0 bridgehead atoms. The SMILES string of the molecule is O=C(O)c1ccc2c(c1)C(=O)CC(=O)N2Cc1cccc(F)c1. The fourth-order valence-corrected chi connectivity index (χ4v) is 2.58. The highest BCUT2D eigenvalue weighted by Gasteiger charge is 2.30. The predicted octanol–water partition coefficient (Wildman–Crippen LogP) is 2.64. The fourth-order valence-electron chi connectivity index (χ4n) is 2.58. The smallest absolute Gasteiger partial charge is 0.335 e.